The SMILES string of the molecule is CN1C(=O)N(C(C)(C)C#N)CC1c1ccccn1. The predicted molar refractivity (Wildman–Crippen MR) is 66.5 cm³/mol. The number of amides is 2. The van der Waals surface area contributed by atoms with E-state index in [1.165, 1.54) is 0 Å². The Morgan fingerprint density at radius 3 is 2.78 bits per heavy atom. The minimum absolute atomic E-state index is 0.0914. The Morgan fingerprint density at radius 1 is 1.50 bits per heavy atom. The van der Waals surface area contributed by atoms with Gasteiger partial charge < -0.3 is 9.80 Å². The molecule has 1 aromatic heterocycles. The number of urea groups is 1. The maximum absolute atomic E-state index is 12.2. The van der Waals surface area contributed by atoms with Crippen LogP contribution in [0.2, 0.25) is 0 Å². The van der Waals surface area contributed by atoms with Crippen LogP contribution in [0.4, 0.5) is 4.79 Å². The van der Waals surface area contributed by atoms with E-state index in [0.29, 0.717) is 6.54 Å². The van der Waals surface area contributed by atoms with Crippen LogP contribution in [-0.2, 0) is 0 Å². The molecule has 0 spiro atoms. The van der Waals surface area contributed by atoms with E-state index in [0.717, 1.165) is 5.69 Å². The minimum Gasteiger partial charge on any atom is -0.317 e. The van der Waals surface area contributed by atoms with Gasteiger partial charge in [-0.3, -0.25) is 4.98 Å². The van der Waals surface area contributed by atoms with Crippen LogP contribution in [0.25, 0.3) is 0 Å². The van der Waals surface area contributed by atoms with Gasteiger partial charge in [-0.2, -0.15) is 5.26 Å². The van der Waals surface area contributed by atoms with Crippen LogP contribution in [0.1, 0.15) is 25.6 Å². The molecule has 0 bridgehead atoms. The largest absolute Gasteiger partial charge is 0.321 e. The number of carbonyl (C=O) groups excluding carboxylic acids is 1. The molecule has 0 N–H and O–H groups in total. The number of rotatable bonds is 2. The summed E-state index contributed by atoms with van der Waals surface area (Å²) < 4.78 is 0. The molecular formula is C13H16N4O. The maximum atomic E-state index is 12.2. The van der Waals surface area contributed by atoms with Gasteiger partial charge in [-0.15, -0.1) is 0 Å². The topological polar surface area (TPSA) is 60.2 Å². The van der Waals surface area contributed by atoms with Crippen molar-refractivity contribution in [2.75, 3.05) is 13.6 Å². The fraction of sp³-hybridized carbons (Fsp3) is 0.462. The van der Waals surface area contributed by atoms with E-state index in [-0.39, 0.29) is 12.1 Å². The molecule has 1 unspecified atom stereocenters. The summed E-state index contributed by atoms with van der Waals surface area (Å²) in [5.74, 6) is 0. The molecule has 5 nitrogen and oxygen atoms in total. The van der Waals surface area contributed by atoms with Crippen LogP contribution >= 0.6 is 0 Å². The van der Waals surface area contributed by atoms with Gasteiger partial charge in [-0.1, -0.05) is 6.07 Å². The first-order valence-corrected chi connectivity index (χ1v) is 5.84. The molecule has 0 saturated carbocycles. The molecule has 94 valence electrons. The second kappa shape index (κ2) is 4.30. The summed E-state index contributed by atoms with van der Waals surface area (Å²) >= 11 is 0. The first-order valence-electron chi connectivity index (χ1n) is 5.84. The highest BCUT2D eigenvalue weighted by molar-refractivity contribution is 5.78. The van der Waals surface area contributed by atoms with Crippen molar-refractivity contribution >= 4 is 6.03 Å². The summed E-state index contributed by atoms with van der Waals surface area (Å²) in [4.78, 5) is 19.7. The second-order valence-electron chi connectivity index (χ2n) is 4.95. The van der Waals surface area contributed by atoms with Crippen LogP contribution in [0.3, 0.4) is 0 Å². The van der Waals surface area contributed by atoms with E-state index in [1.807, 2.05) is 18.2 Å². The smallest absolute Gasteiger partial charge is 0.317 e. The molecule has 5 heteroatoms. The van der Waals surface area contributed by atoms with Gasteiger partial charge in [0.25, 0.3) is 0 Å². The zero-order valence-electron chi connectivity index (χ0n) is 10.8. The molecular weight excluding hydrogens is 228 g/mol. The number of likely N-dealkylation sites (N-methyl/N-ethyl adjacent to an activating group) is 1. The Kier molecular flexibility index (Phi) is 2.95. The van der Waals surface area contributed by atoms with Crippen molar-refractivity contribution in [2.45, 2.75) is 25.4 Å². The van der Waals surface area contributed by atoms with E-state index in [9.17, 15) is 4.79 Å². The van der Waals surface area contributed by atoms with E-state index < -0.39 is 5.54 Å². The third-order valence-electron chi connectivity index (χ3n) is 3.33. The fourth-order valence-corrected chi connectivity index (χ4v) is 2.09. The van der Waals surface area contributed by atoms with Gasteiger partial charge in [-0.25, -0.2) is 4.79 Å². The summed E-state index contributed by atoms with van der Waals surface area (Å²) in [6.07, 6.45) is 1.71. The zero-order valence-corrected chi connectivity index (χ0v) is 10.8. The molecule has 1 fully saturated rings. The van der Waals surface area contributed by atoms with Gasteiger partial charge >= 0.3 is 6.03 Å². The Morgan fingerprint density at radius 2 is 2.22 bits per heavy atom. The van der Waals surface area contributed by atoms with Crippen molar-refractivity contribution in [1.82, 2.24) is 14.8 Å². The number of hydrogen-bond acceptors (Lipinski definition) is 3. The number of hydrogen-bond donors (Lipinski definition) is 0. The molecule has 1 aromatic rings. The summed E-state index contributed by atoms with van der Waals surface area (Å²) in [5, 5.41) is 9.14. The van der Waals surface area contributed by atoms with Gasteiger partial charge in [0.2, 0.25) is 0 Å². The van der Waals surface area contributed by atoms with Crippen LogP contribution in [0.15, 0.2) is 24.4 Å². The molecule has 1 aliphatic heterocycles. The normalized spacial score (nSPS) is 20.1. The zero-order chi connectivity index (χ0) is 13.3. The van der Waals surface area contributed by atoms with Crippen LogP contribution < -0.4 is 0 Å². The van der Waals surface area contributed by atoms with Crippen molar-refractivity contribution in [3.8, 4) is 6.07 Å². The van der Waals surface area contributed by atoms with Crippen LogP contribution in [0, 0.1) is 11.3 Å². The van der Waals surface area contributed by atoms with Crippen molar-refractivity contribution in [3.63, 3.8) is 0 Å². The predicted octanol–water partition coefficient (Wildman–Crippen LogP) is 1.79. The molecule has 1 saturated heterocycles. The molecule has 2 heterocycles. The molecule has 2 amide bonds. The van der Waals surface area contributed by atoms with E-state index >= 15 is 0 Å². The summed E-state index contributed by atoms with van der Waals surface area (Å²) in [5.41, 5.74) is 0.0547. The Hall–Kier alpha value is -2.09. The minimum atomic E-state index is -0.797. The highest BCUT2D eigenvalue weighted by Crippen LogP contribution is 2.31. The molecule has 2 rings (SSSR count). The molecule has 18 heavy (non-hydrogen) atoms. The highest BCUT2D eigenvalue weighted by atomic mass is 16.2. The summed E-state index contributed by atoms with van der Waals surface area (Å²) in [7, 11) is 1.75. The number of carbonyl (C=O) groups is 1. The fourth-order valence-electron chi connectivity index (χ4n) is 2.09. The number of pyridine rings is 1. The van der Waals surface area contributed by atoms with Gasteiger partial charge in [0.15, 0.2) is 0 Å². The third kappa shape index (κ3) is 1.90. The second-order valence-corrected chi connectivity index (χ2v) is 4.95. The molecule has 1 aliphatic rings. The van der Waals surface area contributed by atoms with Crippen molar-refractivity contribution in [2.24, 2.45) is 0 Å². The van der Waals surface area contributed by atoms with Gasteiger partial charge in [-0.05, 0) is 26.0 Å². The third-order valence-corrected chi connectivity index (χ3v) is 3.33. The van der Waals surface area contributed by atoms with Gasteiger partial charge in [0.1, 0.15) is 5.54 Å². The number of aromatic nitrogens is 1. The molecule has 0 aromatic carbocycles. The number of nitriles is 1. The Bertz CT molecular complexity index is 491. The van der Waals surface area contributed by atoms with Gasteiger partial charge in [0, 0.05) is 13.2 Å². The lowest BCUT2D eigenvalue weighted by Gasteiger charge is -2.27. The Labute approximate surface area is 107 Å². The van der Waals surface area contributed by atoms with Crippen molar-refractivity contribution < 1.29 is 4.79 Å². The molecule has 0 radical (unpaired) electrons. The standard InChI is InChI=1S/C13H16N4O/c1-13(2,9-14)17-8-11(16(3)12(17)18)10-6-4-5-7-15-10/h4-7,11H,8H2,1-3H3. The average Bonchev–Trinajstić information content (AvgIpc) is 2.68. The Balaban J connectivity index is 2.29. The highest BCUT2D eigenvalue weighted by Gasteiger charge is 2.43. The van der Waals surface area contributed by atoms with E-state index in [4.69, 9.17) is 5.26 Å². The summed E-state index contributed by atoms with van der Waals surface area (Å²) in [6, 6.07) is 7.59. The van der Waals surface area contributed by atoms with E-state index in [2.05, 4.69) is 11.1 Å². The van der Waals surface area contributed by atoms with Crippen molar-refractivity contribution in [3.05, 3.63) is 30.1 Å². The lowest BCUT2D eigenvalue weighted by Crippen LogP contribution is -2.44. The first kappa shape index (κ1) is 12.4. The van der Waals surface area contributed by atoms with Crippen molar-refractivity contribution in [1.29, 1.82) is 5.26 Å². The maximum Gasteiger partial charge on any atom is 0.321 e. The average molecular weight is 244 g/mol. The van der Waals surface area contributed by atoms with Gasteiger partial charge in [0.05, 0.1) is 24.3 Å². The molecule has 0 aliphatic carbocycles. The van der Waals surface area contributed by atoms with E-state index in [1.54, 1.807) is 36.9 Å². The van der Waals surface area contributed by atoms with Crippen LogP contribution in [-0.4, -0.2) is 39.9 Å². The lowest BCUT2D eigenvalue weighted by molar-refractivity contribution is 0.172. The monoisotopic (exact) mass is 244 g/mol. The first-order chi connectivity index (χ1) is 8.47. The van der Waals surface area contributed by atoms with Crippen LogP contribution in [0.5, 0.6) is 0 Å². The summed E-state index contributed by atoms with van der Waals surface area (Å²) in [6.45, 7) is 3.99. The quantitative estimate of drug-likeness (QED) is 0.796. The molecule has 1 atom stereocenters. The lowest BCUT2D eigenvalue weighted by atomic mass is 10.1. The number of nitrogens with zero attached hydrogens (tertiary/aromatic N) is 4.